The standard InChI is InChI=1S/C16H29N3/c1-8-19(9-2)15-14(11-17-16(5,6)7)12(3)10-13(4)18-15/h10,17H,8-9,11H2,1-7H3. The molecule has 0 saturated carbocycles. The molecule has 0 aliphatic carbocycles. The highest BCUT2D eigenvalue weighted by atomic mass is 15.2. The molecular formula is C16H29N3. The molecule has 1 N–H and O–H groups in total. The zero-order valence-corrected chi connectivity index (χ0v) is 13.6. The molecule has 1 aromatic rings. The summed E-state index contributed by atoms with van der Waals surface area (Å²) in [6.45, 7) is 18.1. The minimum atomic E-state index is 0.123. The van der Waals surface area contributed by atoms with Crippen molar-refractivity contribution in [3.8, 4) is 0 Å². The highest BCUT2D eigenvalue weighted by Gasteiger charge is 2.16. The van der Waals surface area contributed by atoms with E-state index in [0.717, 1.165) is 31.1 Å². The Morgan fingerprint density at radius 3 is 2.21 bits per heavy atom. The Bertz CT molecular complexity index is 415. The van der Waals surface area contributed by atoms with Crippen LogP contribution in [0.5, 0.6) is 0 Å². The Hall–Kier alpha value is -1.09. The molecule has 1 heterocycles. The average Bonchev–Trinajstić information content (AvgIpc) is 2.27. The molecule has 0 aliphatic rings. The second-order valence-electron chi connectivity index (χ2n) is 6.16. The fraction of sp³-hybridized carbons (Fsp3) is 0.688. The van der Waals surface area contributed by atoms with Gasteiger partial charge in [-0.15, -0.1) is 0 Å². The molecule has 1 aromatic heterocycles. The molecule has 0 aliphatic heterocycles. The van der Waals surface area contributed by atoms with E-state index in [-0.39, 0.29) is 5.54 Å². The van der Waals surface area contributed by atoms with Crippen LogP contribution in [-0.4, -0.2) is 23.6 Å². The molecule has 0 spiro atoms. The summed E-state index contributed by atoms with van der Waals surface area (Å²) in [4.78, 5) is 7.10. The lowest BCUT2D eigenvalue weighted by Crippen LogP contribution is -2.36. The molecule has 3 heteroatoms. The van der Waals surface area contributed by atoms with Crippen LogP contribution in [0, 0.1) is 13.8 Å². The molecule has 108 valence electrons. The van der Waals surface area contributed by atoms with Crippen LogP contribution in [0.25, 0.3) is 0 Å². The fourth-order valence-electron chi connectivity index (χ4n) is 2.20. The summed E-state index contributed by atoms with van der Waals surface area (Å²) in [6, 6.07) is 2.17. The van der Waals surface area contributed by atoms with E-state index in [2.05, 4.69) is 64.7 Å². The first-order valence-electron chi connectivity index (χ1n) is 7.25. The second kappa shape index (κ2) is 6.38. The minimum Gasteiger partial charge on any atom is -0.357 e. The predicted molar refractivity (Wildman–Crippen MR) is 83.9 cm³/mol. The van der Waals surface area contributed by atoms with Gasteiger partial charge in [0.05, 0.1) is 0 Å². The maximum absolute atomic E-state index is 4.76. The van der Waals surface area contributed by atoms with Gasteiger partial charge in [-0.1, -0.05) is 0 Å². The molecular weight excluding hydrogens is 234 g/mol. The van der Waals surface area contributed by atoms with Gasteiger partial charge in [0.25, 0.3) is 0 Å². The molecule has 0 amide bonds. The maximum Gasteiger partial charge on any atom is 0.133 e. The lowest BCUT2D eigenvalue weighted by Gasteiger charge is -2.27. The van der Waals surface area contributed by atoms with Crippen LogP contribution in [0.4, 0.5) is 5.82 Å². The van der Waals surface area contributed by atoms with E-state index in [9.17, 15) is 0 Å². The number of nitrogens with one attached hydrogen (secondary N) is 1. The molecule has 0 aromatic carbocycles. The number of aromatic nitrogens is 1. The number of pyridine rings is 1. The summed E-state index contributed by atoms with van der Waals surface area (Å²) in [6.07, 6.45) is 0. The predicted octanol–water partition coefficient (Wildman–Crippen LogP) is 3.43. The Balaban J connectivity index is 3.13. The fourth-order valence-corrected chi connectivity index (χ4v) is 2.20. The Kier molecular flexibility index (Phi) is 5.36. The van der Waals surface area contributed by atoms with Gasteiger partial charge < -0.3 is 10.2 Å². The van der Waals surface area contributed by atoms with E-state index < -0.39 is 0 Å². The van der Waals surface area contributed by atoms with E-state index in [1.165, 1.54) is 11.1 Å². The zero-order valence-electron chi connectivity index (χ0n) is 13.6. The van der Waals surface area contributed by atoms with Crippen LogP contribution < -0.4 is 10.2 Å². The number of nitrogens with zero attached hydrogens (tertiary/aromatic N) is 2. The summed E-state index contributed by atoms with van der Waals surface area (Å²) < 4.78 is 0. The third kappa shape index (κ3) is 4.50. The molecule has 0 bridgehead atoms. The number of rotatable bonds is 5. The molecule has 19 heavy (non-hydrogen) atoms. The number of anilines is 1. The Morgan fingerprint density at radius 2 is 1.74 bits per heavy atom. The molecule has 0 saturated heterocycles. The van der Waals surface area contributed by atoms with Crippen molar-refractivity contribution in [1.29, 1.82) is 0 Å². The molecule has 1 rings (SSSR count). The van der Waals surface area contributed by atoms with E-state index in [1.807, 2.05) is 0 Å². The first kappa shape index (κ1) is 16.0. The first-order valence-corrected chi connectivity index (χ1v) is 7.25. The lowest BCUT2D eigenvalue weighted by atomic mass is 10.1. The maximum atomic E-state index is 4.76. The largest absolute Gasteiger partial charge is 0.357 e. The number of hydrogen-bond donors (Lipinski definition) is 1. The van der Waals surface area contributed by atoms with E-state index in [0.29, 0.717) is 0 Å². The smallest absolute Gasteiger partial charge is 0.133 e. The van der Waals surface area contributed by atoms with Crippen LogP contribution in [0.1, 0.15) is 51.4 Å². The van der Waals surface area contributed by atoms with Crippen molar-refractivity contribution in [2.45, 2.75) is 60.5 Å². The SMILES string of the molecule is CCN(CC)c1nc(C)cc(C)c1CNC(C)(C)C. The summed E-state index contributed by atoms with van der Waals surface area (Å²) in [5, 5.41) is 3.58. The minimum absolute atomic E-state index is 0.123. The molecule has 0 fully saturated rings. The zero-order chi connectivity index (χ0) is 14.6. The van der Waals surface area contributed by atoms with Crippen LogP contribution in [0.15, 0.2) is 6.07 Å². The molecule has 0 atom stereocenters. The quantitative estimate of drug-likeness (QED) is 0.882. The van der Waals surface area contributed by atoms with Crippen molar-refractivity contribution in [3.63, 3.8) is 0 Å². The highest BCUT2D eigenvalue weighted by molar-refractivity contribution is 5.51. The van der Waals surface area contributed by atoms with Gasteiger partial charge in [-0.25, -0.2) is 4.98 Å². The van der Waals surface area contributed by atoms with Gasteiger partial charge >= 0.3 is 0 Å². The number of hydrogen-bond acceptors (Lipinski definition) is 3. The van der Waals surface area contributed by atoms with Gasteiger partial charge in [-0.3, -0.25) is 0 Å². The molecule has 3 nitrogen and oxygen atoms in total. The van der Waals surface area contributed by atoms with Crippen LogP contribution in [-0.2, 0) is 6.54 Å². The third-order valence-corrected chi connectivity index (χ3v) is 3.31. The van der Waals surface area contributed by atoms with Crippen molar-refractivity contribution < 1.29 is 0 Å². The molecule has 0 radical (unpaired) electrons. The third-order valence-electron chi connectivity index (χ3n) is 3.31. The Labute approximate surface area is 118 Å². The van der Waals surface area contributed by atoms with Gasteiger partial charge in [0.1, 0.15) is 5.82 Å². The van der Waals surface area contributed by atoms with E-state index in [1.54, 1.807) is 0 Å². The summed E-state index contributed by atoms with van der Waals surface area (Å²) >= 11 is 0. The highest BCUT2D eigenvalue weighted by Crippen LogP contribution is 2.23. The number of aryl methyl sites for hydroxylation is 2. The summed E-state index contributed by atoms with van der Waals surface area (Å²) in [5.74, 6) is 1.14. The topological polar surface area (TPSA) is 28.2 Å². The van der Waals surface area contributed by atoms with Crippen molar-refractivity contribution >= 4 is 5.82 Å². The second-order valence-corrected chi connectivity index (χ2v) is 6.16. The van der Waals surface area contributed by atoms with Gasteiger partial charge in [0.15, 0.2) is 0 Å². The van der Waals surface area contributed by atoms with Crippen molar-refractivity contribution in [2.75, 3.05) is 18.0 Å². The van der Waals surface area contributed by atoms with Gasteiger partial charge in [-0.2, -0.15) is 0 Å². The van der Waals surface area contributed by atoms with E-state index in [4.69, 9.17) is 4.98 Å². The Morgan fingerprint density at radius 1 is 1.16 bits per heavy atom. The summed E-state index contributed by atoms with van der Waals surface area (Å²) in [5.41, 5.74) is 3.87. The molecule has 0 unspecified atom stereocenters. The van der Waals surface area contributed by atoms with Crippen molar-refractivity contribution in [2.24, 2.45) is 0 Å². The summed E-state index contributed by atoms with van der Waals surface area (Å²) in [7, 11) is 0. The first-order chi connectivity index (χ1) is 8.78. The van der Waals surface area contributed by atoms with Gasteiger partial charge in [0, 0.05) is 36.4 Å². The van der Waals surface area contributed by atoms with Gasteiger partial charge in [-0.05, 0) is 60.1 Å². The van der Waals surface area contributed by atoms with Crippen molar-refractivity contribution in [1.82, 2.24) is 10.3 Å². The normalized spacial score (nSPS) is 11.7. The van der Waals surface area contributed by atoms with Gasteiger partial charge in [0.2, 0.25) is 0 Å². The monoisotopic (exact) mass is 263 g/mol. The van der Waals surface area contributed by atoms with Crippen LogP contribution in [0.3, 0.4) is 0 Å². The van der Waals surface area contributed by atoms with Crippen LogP contribution in [0.2, 0.25) is 0 Å². The average molecular weight is 263 g/mol. The van der Waals surface area contributed by atoms with Crippen LogP contribution >= 0.6 is 0 Å². The van der Waals surface area contributed by atoms with Crippen molar-refractivity contribution in [3.05, 3.63) is 22.9 Å². The lowest BCUT2D eigenvalue weighted by molar-refractivity contribution is 0.423. The van der Waals surface area contributed by atoms with E-state index >= 15 is 0 Å².